The summed E-state index contributed by atoms with van der Waals surface area (Å²) < 4.78 is 15.1. The number of phenolic OH excluding ortho intramolecular Hbond substituents is 1. The summed E-state index contributed by atoms with van der Waals surface area (Å²) in [4.78, 5) is 12.6. The number of aromatic hydroxyl groups is 1. The molecule has 8 heteroatoms. The zero-order valence-corrected chi connectivity index (χ0v) is 12.5. The van der Waals surface area contributed by atoms with Crippen LogP contribution in [-0.2, 0) is 11.2 Å². The maximum absolute atomic E-state index is 13.8. The van der Waals surface area contributed by atoms with E-state index in [9.17, 15) is 14.3 Å². The van der Waals surface area contributed by atoms with Crippen molar-refractivity contribution in [2.45, 2.75) is 12.5 Å². The van der Waals surface area contributed by atoms with Crippen LogP contribution in [0.15, 0.2) is 54.9 Å². The van der Waals surface area contributed by atoms with E-state index < -0.39 is 17.8 Å². The molecule has 122 valence electrons. The van der Waals surface area contributed by atoms with Crippen LogP contribution in [0.2, 0.25) is 0 Å². The molecule has 3 rings (SSSR count). The third kappa shape index (κ3) is 3.54. The number of carbonyl (C=O) groups excluding carboxylic acids is 1. The van der Waals surface area contributed by atoms with Crippen molar-refractivity contribution in [2.24, 2.45) is 0 Å². The molecular weight excluding hydrogens is 313 g/mol. The summed E-state index contributed by atoms with van der Waals surface area (Å²) >= 11 is 0. The molecule has 1 aromatic heterocycles. The quantitative estimate of drug-likeness (QED) is 0.699. The molecule has 0 saturated heterocycles. The van der Waals surface area contributed by atoms with Gasteiger partial charge in [-0.05, 0) is 28.1 Å². The van der Waals surface area contributed by atoms with E-state index in [-0.39, 0.29) is 11.4 Å². The van der Waals surface area contributed by atoms with Gasteiger partial charge in [-0.15, -0.1) is 5.10 Å². The average Bonchev–Trinajstić information content (AvgIpc) is 3.10. The molecule has 0 bridgehead atoms. The van der Waals surface area contributed by atoms with Gasteiger partial charge in [0, 0.05) is 12.5 Å². The number of nitrogens with zero attached hydrogens (tertiary/aromatic N) is 4. The van der Waals surface area contributed by atoms with Crippen molar-refractivity contribution in [2.75, 3.05) is 5.32 Å². The normalized spacial score (nSPS) is 11.9. The summed E-state index contributed by atoms with van der Waals surface area (Å²) in [5, 5.41) is 22.6. The molecule has 1 atom stereocenters. The molecule has 2 aromatic carbocycles. The Kier molecular flexibility index (Phi) is 4.46. The molecule has 0 radical (unpaired) electrons. The first-order valence-electron chi connectivity index (χ1n) is 7.19. The first-order valence-corrected chi connectivity index (χ1v) is 7.19. The molecule has 7 nitrogen and oxygen atoms in total. The number of phenols is 1. The lowest BCUT2D eigenvalue weighted by Crippen LogP contribution is -2.28. The molecule has 0 saturated carbocycles. The van der Waals surface area contributed by atoms with Gasteiger partial charge in [-0.25, -0.2) is 9.07 Å². The number of hydrogen-bond donors (Lipinski definition) is 2. The molecule has 1 heterocycles. The first-order chi connectivity index (χ1) is 11.6. The largest absolute Gasteiger partial charge is 0.508 e. The minimum absolute atomic E-state index is 0.0241. The van der Waals surface area contributed by atoms with Crippen molar-refractivity contribution in [3.8, 4) is 5.75 Å². The van der Waals surface area contributed by atoms with Crippen molar-refractivity contribution in [1.82, 2.24) is 20.2 Å². The summed E-state index contributed by atoms with van der Waals surface area (Å²) in [6, 6.07) is 12.1. The number of rotatable bonds is 5. The molecular formula is C16H14FN5O2. The minimum atomic E-state index is -0.740. The maximum atomic E-state index is 13.8. The van der Waals surface area contributed by atoms with Gasteiger partial charge < -0.3 is 10.4 Å². The first kappa shape index (κ1) is 15.6. The molecule has 1 amide bonds. The van der Waals surface area contributed by atoms with E-state index in [0.717, 1.165) is 11.6 Å². The number of halogens is 1. The van der Waals surface area contributed by atoms with Gasteiger partial charge in [0.1, 0.15) is 23.9 Å². The number of tetrazole rings is 1. The van der Waals surface area contributed by atoms with Gasteiger partial charge in [0.2, 0.25) is 5.91 Å². The van der Waals surface area contributed by atoms with Crippen LogP contribution in [0, 0.1) is 5.82 Å². The van der Waals surface area contributed by atoms with Gasteiger partial charge in [-0.1, -0.05) is 30.3 Å². The van der Waals surface area contributed by atoms with Gasteiger partial charge in [-0.3, -0.25) is 4.79 Å². The Morgan fingerprint density at radius 2 is 2.04 bits per heavy atom. The Hall–Kier alpha value is -3.29. The van der Waals surface area contributed by atoms with Crippen LogP contribution in [-0.4, -0.2) is 31.2 Å². The maximum Gasteiger partial charge on any atom is 0.249 e. The molecule has 0 unspecified atom stereocenters. The van der Waals surface area contributed by atoms with Crippen LogP contribution in [0.4, 0.5) is 10.1 Å². The highest BCUT2D eigenvalue weighted by Gasteiger charge is 2.23. The molecule has 24 heavy (non-hydrogen) atoms. The topological polar surface area (TPSA) is 92.9 Å². The van der Waals surface area contributed by atoms with Crippen molar-refractivity contribution in [3.63, 3.8) is 0 Å². The number of amides is 1. The predicted molar refractivity (Wildman–Crippen MR) is 83.7 cm³/mol. The highest BCUT2D eigenvalue weighted by atomic mass is 19.1. The number of hydrogen-bond acceptors (Lipinski definition) is 5. The summed E-state index contributed by atoms with van der Waals surface area (Å²) in [7, 11) is 0. The second kappa shape index (κ2) is 6.86. The Labute approximate surface area is 136 Å². The number of carbonyl (C=O) groups is 1. The van der Waals surface area contributed by atoms with Crippen molar-refractivity contribution >= 4 is 11.6 Å². The van der Waals surface area contributed by atoms with E-state index in [1.807, 2.05) is 30.3 Å². The van der Waals surface area contributed by atoms with Crippen LogP contribution in [0.1, 0.15) is 11.6 Å². The lowest BCUT2D eigenvalue weighted by atomic mass is 10.1. The SMILES string of the molecule is O=C(Nc1ccc(O)cc1F)[C@@H](Cc1ccccc1)n1cnnn1. The van der Waals surface area contributed by atoms with Gasteiger partial charge in [0.25, 0.3) is 0 Å². The van der Waals surface area contributed by atoms with Gasteiger partial charge >= 0.3 is 0 Å². The number of benzene rings is 2. The number of anilines is 1. The predicted octanol–water partition coefficient (Wildman–Crippen LogP) is 1.94. The molecule has 3 aromatic rings. The van der Waals surface area contributed by atoms with Crippen LogP contribution in [0.25, 0.3) is 0 Å². The Balaban J connectivity index is 1.83. The van der Waals surface area contributed by atoms with Gasteiger partial charge in [-0.2, -0.15) is 0 Å². The Morgan fingerprint density at radius 1 is 1.25 bits per heavy atom. The average molecular weight is 327 g/mol. The van der Waals surface area contributed by atoms with E-state index in [1.165, 1.54) is 23.1 Å². The zero-order valence-electron chi connectivity index (χ0n) is 12.5. The summed E-state index contributed by atoms with van der Waals surface area (Å²) in [6.07, 6.45) is 1.68. The van der Waals surface area contributed by atoms with Crippen molar-refractivity contribution in [3.05, 3.63) is 66.2 Å². The van der Waals surface area contributed by atoms with E-state index in [4.69, 9.17) is 0 Å². The lowest BCUT2D eigenvalue weighted by Gasteiger charge is -2.16. The highest BCUT2D eigenvalue weighted by molar-refractivity contribution is 5.94. The fourth-order valence-corrected chi connectivity index (χ4v) is 2.28. The monoisotopic (exact) mass is 327 g/mol. The van der Waals surface area contributed by atoms with Gasteiger partial charge in [0.05, 0.1) is 5.69 Å². The standard InChI is InChI=1S/C16H14FN5O2/c17-13-9-12(23)6-7-14(13)19-16(24)15(22-10-18-20-21-22)8-11-4-2-1-3-5-11/h1-7,9-10,15,23H,8H2,(H,19,24)/t15-/m1/s1. The number of nitrogens with one attached hydrogen (secondary N) is 1. The van der Waals surface area contributed by atoms with Crippen LogP contribution in [0.3, 0.4) is 0 Å². The molecule has 0 spiro atoms. The van der Waals surface area contributed by atoms with Crippen LogP contribution >= 0.6 is 0 Å². The summed E-state index contributed by atoms with van der Waals surface area (Å²) in [6.45, 7) is 0. The summed E-state index contributed by atoms with van der Waals surface area (Å²) in [5.41, 5.74) is 0.892. The van der Waals surface area contributed by atoms with E-state index in [2.05, 4.69) is 20.8 Å². The minimum Gasteiger partial charge on any atom is -0.508 e. The van der Waals surface area contributed by atoms with Crippen molar-refractivity contribution < 1.29 is 14.3 Å². The van der Waals surface area contributed by atoms with Gasteiger partial charge in [0.15, 0.2) is 0 Å². The van der Waals surface area contributed by atoms with Crippen molar-refractivity contribution in [1.29, 1.82) is 0 Å². The Morgan fingerprint density at radius 3 is 2.71 bits per heavy atom. The second-order valence-electron chi connectivity index (χ2n) is 5.15. The van der Waals surface area contributed by atoms with E-state index >= 15 is 0 Å². The van der Waals surface area contributed by atoms with E-state index in [1.54, 1.807) is 0 Å². The van der Waals surface area contributed by atoms with Crippen LogP contribution in [0.5, 0.6) is 5.75 Å². The highest BCUT2D eigenvalue weighted by Crippen LogP contribution is 2.21. The fourth-order valence-electron chi connectivity index (χ4n) is 2.28. The second-order valence-corrected chi connectivity index (χ2v) is 5.15. The molecule has 0 aliphatic heterocycles. The fraction of sp³-hybridized carbons (Fsp3) is 0.125. The third-order valence-corrected chi connectivity index (χ3v) is 3.47. The third-order valence-electron chi connectivity index (χ3n) is 3.47. The molecule has 2 N–H and O–H groups in total. The summed E-state index contributed by atoms with van der Waals surface area (Å²) in [5.74, 6) is -1.40. The lowest BCUT2D eigenvalue weighted by molar-refractivity contribution is -0.119. The molecule has 0 fully saturated rings. The Bertz CT molecular complexity index is 824. The number of aromatic nitrogens is 4. The smallest absolute Gasteiger partial charge is 0.249 e. The van der Waals surface area contributed by atoms with Crippen LogP contribution < -0.4 is 5.32 Å². The molecule has 0 aliphatic carbocycles. The zero-order chi connectivity index (χ0) is 16.9. The molecule has 0 aliphatic rings. The van der Waals surface area contributed by atoms with E-state index in [0.29, 0.717) is 6.42 Å².